The molecule has 2 atom stereocenters. The summed E-state index contributed by atoms with van der Waals surface area (Å²) in [5, 5.41) is 10.0. The van der Waals surface area contributed by atoms with Crippen LogP contribution in [-0.4, -0.2) is 53.1 Å². The van der Waals surface area contributed by atoms with Crippen LogP contribution in [0.1, 0.15) is 65.0 Å². The first-order valence-corrected chi connectivity index (χ1v) is 14.3. The molecule has 1 amide bonds. The number of aromatic nitrogens is 2. The Balaban J connectivity index is 1.74. The van der Waals surface area contributed by atoms with E-state index in [-0.39, 0.29) is 47.1 Å². The highest BCUT2D eigenvalue weighted by Gasteiger charge is 2.48. The van der Waals surface area contributed by atoms with Crippen molar-refractivity contribution in [3.05, 3.63) is 81.9 Å². The van der Waals surface area contributed by atoms with Crippen LogP contribution in [0.4, 0.5) is 55.7 Å². The summed E-state index contributed by atoms with van der Waals surface area (Å²) < 4.78 is 129. The van der Waals surface area contributed by atoms with Gasteiger partial charge in [-0.15, -0.1) is 0 Å². The number of amides is 1. The van der Waals surface area contributed by atoms with Gasteiger partial charge in [0.25, 0.3) is 0 Å². The third-order valence-electron chi connectivity index (χ3n) is 8.31. The second-order valence-electron chi connectivity index (χ2n) is 11.4. The minimum absolute atomic E-state index is 0.00268. The first-order valence-electron chi connectivity index (χ1n) is 14.3. The van der Waals surface area contributed by atoms with Crippen LogP contribution in [-0.2, 0) is 29.7 Å². The van der Waals surface area contributed by atoms with Gasteiger partial charge in [0.05, 0.1) is 53.3 Å². The number of hydrogen-bond donors (Lipinski definition) is 2. The van der Waals surface area contributed by atoms with Gasteiger partial charge < -0.3 is 20.5 Å². The predicted molar refractivity (Wildman–Crippen MR) is 150 cm³/mol. The van der Waals surface area contributed by atoms with Gasteiger partial charge in [-0.1, -0.05) is 6.92 Å². The lowest BCUT2D eigenvalue weighted by Crippen LogP contribution is -2.61. The fraction of sp³-hybridized carbons (Fsp3) is 0.433. The summed E-state index contributed by atoms with van der Waals surface area (Å²) in [6, 6.07) is 4.16. The Morgan fingerprint density at radius 2 is 1.57 bits per heavy atom. The minimum Gasteiger partial charge on any atom is -0.465 e. The number of alkyl halides is 9. The molecule has 1 fully saturated rings. The van der Waals surface area contributed by atoms with E-state index in [4.69, 9.17) is 10.5 Å². The van der Waals surface area contributed by atoms with E-state index in [9.17, 15) is 49.4 Å². The van der Waals surface area contributed by atoms with Gasteiger partial charge >= 0.3 is 24.6 Å². The summed E-state index contributed by atoms with van der Waals surface area (Å²) >= 11 is 0. The number of fused-ring (bicyclic) bond motifs is 1. The molecule has 254 valence electrons. The number of pyridine rings is 2. The molecule has 4 heterocycles. The summed E-state index contributed by atoms with van der Waals surface area (Å²) in [5.74, 6) is -1.23. The molecule has 2 aliphatic rings. The van der Waals surface area contributed by atoms with Gasteiger partial charge in [0.15, 0.2) is 0 Å². The lowest BCUT2D eigenvalue weighted by molar-refractivity contribution is -0.143. The quantitative estimate of drug-likeness (QED) is 0.279. The molecule has 5 rings (SSSR count). The van der Waals surface area contributed by atoms with E-state index < -0.39 is 59.4 Å². The van der Waals surface area contributed by atoms with Crippen molar-refractivity contribution < 1.29 is 54.2 Å². The van der Waals surface area contributed by atoms with E-state index in [1.54, 1.807) is 6.92 Å². The zero-order valence-corrected chi connectivity index (χ0v) is 24.6. The normalized spacial score (nSPS) is 20.7. The van der Waals surface area contributed by atoms with E-state index in [1.165, 1.54) is 12.3 Å². The molecule has 3 aromatic rings. The molecule has 8 nitrogen and oxygen atoms in total. The van der Waals surface area contributed by atoms with Crippen molar-refractivity contribution in [1.29, 1.82) is 0 Å². The molecule has 3 N–H and O–H groups in total. The first kappa shape index (κ1) is 34.2. The van der Waals surface area contributed by atoms with Gasteiger partial charge in [0.2, 0.25) is 0 Å². The second-order valence-corrected chi connectivity index (χ2v) is 11.4. The topological polar surface area (TPSA) is 105 Å². The molecule has 0 unspecified atom stereocenters. The average molecular weight is 678 g/mol. The lowest BCUT2D eigenvalue weighted by atomic mass is 9.79. The number of morpholine rings is 1. The molecule has 1 aromatic carbocycles. The molecule has 0 radical (unpaired) electrons. The zero-order chi connectivity index (χ0) is 34.5. The number of halogens is 9. The Hall–Kier alpha value is -4.12. The van der Waals surface area contributed by atoms with E-state index in [0.29, 0.717) is 50.2 Å². The van der Waals surface area contributed by atoms with Crippen molar-refractivity contribution in [2.45, 2.75) is 56.3 Å². The number of carboxylic acid groups (broad SMARTS) is 1. The fourth-order valence-corrected chi connectivity index (χ4v) is 5.97. The summed E-state index contributed by atoms with van der Waals surface area (Å²) in [7, 11) is 0. The Morgan fingerprint density at radius 1 is 0.957 bits per heavy atom. The average Bonchev–Trinajstić information content (AvgIpc) is 2.99. The van der Waals surface area contributed by atoms with Crippen molar-refractivity contribution in [1.82, 2.24) is 9.97 Å². The van der Waals surface area contributed by atoms with Gasteiger partial charge in [-0.2, -0.15) is 39.5 Å². The van der Waals surface area contributed by atoms with E-state index in [1.807, 2.05) is 4.90 Å². The number of rotatable bonds is 5. The van der Waals surface area contributed by atoms with Crippen LogP contribution >= 0.6 is 0 Å². The summed E-state index contributed by atoms with van der Waals surface area (Å²) in [5.41, 5.74) is -0.0247. The van der Waals surface area contributed by atoms with Gasteiger partial charge in [-0.25, -0.2) is 9.78 Å². The van der Waals surface area contributed by atoms with Crippen LogP contribution in [0.3, 0.4) is 0 Å². The van der Waals surface area contributed by atoms with Crippen LogP contribution in [0.25, 0.3) is 0 Å². The maximum Gasteiger partial charge on any atom is 0.433 e. The largest absolute Gasteiger partial charge is 0.465 e. The highest BCUT2D eigenvalue weighted by atomic mass is 19.4. The number of ether oxygens (including phenoxy) is 1. The Kier molecular flexibility index (Phi) is 8.85. The number of nitrogens with two attached hydrogens (primary N) is 1. The molecule has 47 heavy (non-hydrogen) atoms. The first-order chi connectivity index (χ1) is 21.8. The van der Waals surface area contributed by atoms with E-state index in [2.05, 4.69) is 9.97 Å². The monoisotopic (exact) mass is 677 g/mol. The number of benzene rings is 1. The number of nitrogens with zero attached hydrogens (tertiary/aromatic N) is 4. The van der Waals surface area contributed by atoms with E-state index >= 15 is 0 Å². The van der Waals surface area contributed by atoms with Crippen molar-refractivity contribution in [2.24, 2.45) is 5.73 Å². The van der Waals surface area contributed by atoms with Crippen molar-refractivity contribution >= 4 is 17.5 Å². The SMILES string of the molecule is CC[C@]1(N)C[C@@H](c2ncc(N3CCOCC3)cc2Cc2cc(C(F)(F)F)cc(C(F)(F)F)c2)c2nc(C(F)(F)F)ccc2N1C(=O)O. The van der Waals surface area contributed by atoms with Crippen molar-refractivity contribution in [2.75, 3.05) is 36.1 Å². The van der Waals surface area contributed by atoms with E-state index in [0.717, 1.165) is 11.0 Å². The number of hydrogen-bond acceptors (Lipinski definition) is 6. The molecule has 0 aliphatic carbocycles. The summed E-state index contributed by atoms with van der Waals surface area (Å²) in [4.78, 5) is 23.2. The minimum atomic E-state index is -5.12. The Morgan fingerprint density at radius 3 is 2.11 bits per heavy atom. The van der Waals surface area contributed by atoms with Gasteiger partial charge in [0.1, 0.15) is 11.4 Å². The molecule has 0 spiro atoms. The second kappa shape index (κ2) is 12.2. The fourth-order valence-electron chi connectivity index (χ4n) is 5.97. The van der Waals surface area contributed by atoms with Crippen LogP contribution in [0.2, 0.25) is 0 Å². The molecule has 1 saturated heterocycles. The van der Waals surface area contributed by atoms with Crippen molar-refractivity contribution in [3.63, 3.8) is 0 Å². The molecule has 17 heteroatoms. The van der Waals surface area contributed by atoms with Crippen LogP contribution in [0, 0.1) is 0 Å². The third-order valence-corrected chi connectivity index (χ3v) is 8.31. The Labute approximate surface area is 262 Å². The molecule has 2 aromatic heterocycles. The van der Waals surface area contributed by atoms with Crippen LogP contribution in [0.5, 0.6) is 0 Å². The molecule has 0 saturated carbocycles. The molecular formula is C30H28F9N5O3. The maximum absolute atomic E-state index is 13.8. The zero-order valence-electron chi connectivity index (χ0n) is 24.6. The van der Waals surface area contributed by atoms with Gasteiger partial charge in [-0.3, -0.25) is 9.88 Å². The van der Waals surface area contributed by atoms with Crippen LogP contribution < -0.4 is 15.5 Å². The van der Waals surface area contributed by atoms with Crippen LogP contribution in [0.15, 0.2) is 42.6 Å². The lowest BCUT2D eigenvalue weighted by Gasteiger charge is -2.46. The highest BCUT2D eigenvalue weighted by molar-refractivity contribution is 5.89. The third kappa shape index (κ3) is 6.95. The molecule has 2 aliphatic heterocycles. The summed E-state index contributed by atoms with van der Waals surface area (Å²) in [6.45, 7) is 3.00. The maximum atomic E-state index is 13.8. The summed E-state index contributed by atoms with van der Waals surface area (Å²) in [6.07, 6.45) is -16.2. The number of carbonyl (C=O) groups is 1. The smallest absolute Gasteiger partial charge is 0.433 e. The van der Waals surface area contributed by atoms with Crippen molar-refractivity contribution in [3.8, 4) is 0 Å². The Bertz CT molecular complexity index is 1620. The molecular weight excluding hydrogens is 649 g/mol. The van der Waals surface area contributed by atoms with Gasteiger partial charge in [0, 0.05) is 19.0 Å². The molecule has 0 bridgehead atoms. The number of anilines is 2. The highest BCUT2D eigenvalue weighted by Crippen LogP contribution is 2.47. The predicted octanol–water partition coefficient (Wildman–Crippen LogP) is 7.05. The standard InChI is InChI=1S/C30H28F9N5O3/c1-2-27(40)14-21(25-22(44(27)26(45)46)3-4-23(42-25)30(37,38)39)24-17(12-20(15-41-24)43-5-7-47-8-6-43)9-16-10-18(28(31,32)33)13-19(11-16)29(34,35)36/h3-4,10-13,15,21H,2,5-9,14,40H2,1H3,(H,45,46)/t21-,27+/m0/s1. The van der Waals surface area contributed by atoms with Gasteiger partial charge in [-0.05, 0) is 66.8 Å².